The fourth-order valence-electron chi connectivity index (χ4n) is 3.96. The molecule has 162 valence electrons. The average molecular weight is 437 g/mol. The van der Waals surface area contributed by atoms with Crippen molar-refractivity contribution in [1.82, 2.24) is 19.8 Å². The van der Waals surface area contributed by atoms with Crippen molar-refractivity contribution in [3.8, 4) is 5.75 Å². The van der Waals surface area contributed by atoms with Crippen LogP contribution in [0.3, 0.4) is 0 Å². The number of benzene rings is 2. The van der Waals surface area contributed by atoms with E-state index in [1.165, 1.54) is 11.1 Å². The van der Waals surface area contributed by atoms with Crippen LogP contribution in [0.2, 0.25) is 0 Å². The second kappa shape index (κ2) is 9.47. The van der Waals surface area contributed by atoms with E-state index in [9.17, 15) is 4.79 Å². The zero-order chi connectivity index (χ0) is 21.8. The second-order valence-corrected chi connectivity index (χ2v) is 8.87. The maximum Gasteiger partial charge on any atom is 0.318 e. The molecule has 2 amide bonds. The fourth-order valence-corrected chi connectivity index (χ4v) is 5.05. The number of nitrogens with zero attached hydrogens (tertiary/aromatic N) is 3. The largest absolute Gasteiger partial charge is 0.496 e. The molecule has 2 unspecified atom stereocenters. The number of aryl methyl sites for hydroxylation is 2. The van der Waals surface area contributed by atoms with Gasteiger partial charge in [0.25, 0.3) is 0 Å². The predicted molar refractivity (Wildman–Crippen MR) is 125 cm³/mol. The van der Waals surface area contributed by atoms with Crippen LogP contribution in [-0.4, -0.2) is 45.6 Å². The molecule has 31 heavy (non-hydrogen) atoms. The number of methoxy groups -OCH3 is 1. The average Bonchev–Trinajstić information content (AvgIpc) is 3.23. The second-order valence-electron chi connectivity index (χ2n) is 7.72. The Hall–Kier alpha value is -2.93. The number of amides is 2. The Morgan fingerprint density at radius 1 is 1.23 bits per heavy atom. The summed E-state index contributed by atoms with van der Waals surface area (Å²) in [5.74, 6) is 3.30. The lowest BCUT2D eigenvalue weighted by Gasteiger charge is -2.37. The molecule has 1 N–H and O–H groups in total. The monoisotopic (exact) mass is 436 g/mol. The molecule has 2 heterocycles. The molecular formula is C24H28N4O2S. The molecule has 3 aromatic rings. The minimum atomic E-state index is -0.420. The van der Waals surface area contributed by atoms with E-state index in [1.807, 2.05) is 58.7 Å². The molecule has 2 atom stereocenters. The molecule has 4 rings (SSSR count). The maximum absolute atomic E-state index is 13.6. The number of thioether (sulfide) groups is 1. The van der Waals surface area contributed by atoms with E-state index >= 15 is 0 Å². The third-order valence-electron chi connectivity index (χ3n) is 5.69. The number of nitrogens with one attached hydrogen (secondary N) is 1. The van der Waals surface area contributed by atoms with Gasteiger partial charge in [0, 0.05) is 43.1 Å². The lowest BCUT2D eigenvalue weighted by Crippen LogP contribution is -2.47. The first-order valence-electron chi connectivity index (χ1n) is 10.4. The van der Waals surface area contributed by atoms with Crippen molar-refractivity contribution in [2.75, 3.05) is 25.2 Å². The zero-order valence-electron chi connectivity index (χ0n) is 18.1. The van der Waals surface area contributed by atoms with E-state index in [2.05, 4.69) is 41.5 Å². The number of para-hydroxylation sites is 1. The Morgan fingerprint density at radius 2 is 2.00 bits per heavy atom. The van der Waals surface area contributed by atoms with Crippen molar-refractivity contribution in [3.05, 3.63) is 83.4 Å². The summed E-state index contributed by atoms with van der Waals surface area (Å²) < 4.78 is 7.52. The molecule has 0 aliphatic carbocycles. The number of ether oxygens (including phenoxy) is 1. The first kappa shape index (κ1) is 21.3. The first-order valence-corrected chi connectivity index (χ1v) is 11.6. The molecule has 0 spiro atoms. The summed E-state index contributed by atoms with van der Waals surface area (Å²) >= 11 is 1.89. The van der Waals surface area contributed by atoms with Crippen LogP contribution >= 0.6 is 11.8 Å². The highest BCUT2D eigenvalue weighted by molar-refractivity contribution is 7.99. The standard InChI is InChI=1S/C24H28N4O2S/c1-17-8-10-18(11-9-17)20-16-31-15-14-28(20)24(29)26-22(23-25-12-13-27(23)2)19-6-4-5-7-21(19)30-3/h4-13,20,22H,14-16H2,1-3H3,(H,26,29). The van der Waals surface area contributed by atoms with E-state index in [1.54, 1.807) is 13.3 Å². The van der Waals surface area contributed by atoms with Crippen LogP contribution in [-0.2, 0) is 7.05 Å². The topological polar surface area (TPSA) is 59.4 Å². The number of rotatable bonds is 5. The number of urea groups is 1. The molecule has 1 saturated heterocycles. The molecule has 1 fully saturated rings. The molecule has 0 saturated carbocycles. The Morgan fingerprint density at radius 3 is 2.71 bits per heavy atom. The third-order valence-corrected chi connectivity index (χ3v) is 6.71. The Kier molecular flexibility index (Phi) is 6.51. The number of carbonyl (C=O) groups is 1. The summed E-state index contributed by atoms with van der Waals surface area (Å²) in [6, 6.07) is 15.8. The molecule has 1 aromatic heterocycles. The van der Waals surface area contributed by atoms with Gasteiger partial charge < -0.3 is 19.5 Å². The van der Waals surface area contributed by atoms with Crippen LogP contribution < -0.4 is 10.1 Å². The van der Waals surface area contributed by atoms with E-state index < -0.39 is 6.04 Å². The fraction of sp³-hybridized carbons (Fsp3) is 0.333. The molecular weight excluding hydrogens is 408 g/mol. The Labute approximate surface area is 187 Å². The van der Waals surface area contributed by atoms with Crippen LogP contribution in [0, 0.1) is 6.92 Å². The normalized spacial score (nSPS) is 17.3. The van der Waals surface area contributed by atoms with Gasteiger partial charge in [-0.25, -0.2) is 9.78 Å². The number of imidazole rings is 1. The highest BCUT2D eigenvalue weighted by Crippen LogP contribution is 2.32. The lowest BCUT2D eigenvalue weighted by molar-refractivity contribution is 0.179. The SMILES string of the molecule is COc1ccccc1C(NC(=O)N1CCSCC1c1ccc(C)cc1)c1nccn1C. The van der Waals surface area contributed by atoms with Crippen molar-refractivity contribution in [2.45, 2.75) is 19.0 Å². The lowest BCUT2D eigenvalue weighted by atomic mass is 10.0. The summed E-state index contributed by atoms with van der Waals surface area (Å²) in [5, 5.41) is 3.25. The van der Waals surface area contributed by atoms with Gasteiger partial charge >= 0.3 is 6.03 Å². The minimum Gasteiger partial charge on any atom is -0.496 e. The summed E-state index contributed by atoms with van der Waals surface area (Å²) in [4.78, 5) is 20.0. The third kappa shape index (κ3) is 4.56. The summed E-state index contributed by atoms with van der Waals surface area (Å²) in [6.45, 7) is 2.78. The zero-order valence-corrected chi connectivity index (χ0v) is 18.9. The molecule has 1 aliphatic heterocycles. The predicted octanol–water partition coefficient (Wildman–Crippen LogP) is 4.33. The van der Waals surface area contributed by atoms with Gasteiger partial charge in [-0.15, -0.1) is 0 Å². The van der Waals surface area contributed by atoms with Crippen molar-refractivity contribution in [2.24, 2.45) is 7.05 Å². The Bertz CT molecular complexity index is 1030. The van der Waals surface area contributed by atoms with Crippen LogP contribution in [0.15, 0.2) is 60.9 Å². The summed E-state index contributed by atoms with van der Waals surface area (Å²) in [5.41, 5.74) is 3.26. The minimum absolute atomic E-state index is 0.0408. The maximum atomic E-state index is 13.6. The van der Waals surface area contributed by atoms with Gasteiger partial charge in [0.2, 0.25) is 0 Å². The number of hydrogen-bond donors (Lipinski definition) is 1. The molecule has 6 nitrogen and oxygen atoms in total. The van der Waals surface area contributed by atoms with E-state index in [0.717, 1.165) is 28.6 Å². The van der Waals surface area contributed by atoms with Gasteiger partial charge in [-0.1, -0.05) is 48.0 Å². The quantitative estimate of drug-likeness (QED) is 0.647. The van der Waals surface area contributed by atoms with Crippen molar-refractivity contribution < 1.29 is 9.53 Å². The van der Waals surface area contributed by atoms with E-state index in [0.29, 0.717) is 6.54 Å². The van der Waals surface area contributed by atoms with Crippen LogP contribution in [0.5, 0.6) is 5.75 Å². The van der Waals surface area contributed by atoms with Gasteiger partial charge in [-0.05, 0) is 18.6 Å². The molecule has 0 radical (unpaired) electrons. The van der Waals surface area contributed by atoms with Crippen molar-refractivity contribution in [3.63, 3.8) is 0 Å². The van der Waals surface area contributed by atoms with E-state index in [-0.39, 0.29) is 12.1 Å². The number of aromatic nitrogens is 2. The van der Waals surface area contributed by atoms with Gasteiger partial charge in [-0.3, -0.25) is 0 Å². The van der Waals surface area contributed by atoms with Gasteiger partial charge in [0.1, 0.15) is 17.6 Å². The molecule has 1 aliphatic rings. The summed E-state index contributed by atoms with van der Waals surface area (Å²) in [6.07, 6.45) is 3.63. The van der Waals surface area contributed by atoms with Crippen molar-refractivity contribution >= 4 is 17.8 Å². The highest BCUT2D eigenvalue weighted by atomic mass is 32.2. The van der Waals surface area contributed by atoms with Crippen LogP contribution in [0.1, 0.15) is 34.6 Å². The molecule has 2 aromatic carbocycles. The Balaban J connectivity index is 1.65. The number of carbonyl (C=O) groups excluding carboxylic acids is 1. The van der Waals surface area contributed by atoms with Gasteiger partial charge in [-0.2, -0.15) is 11.8 Å². The van der Waals surface area contributed by atoms with Crippen LogP contribution in [0.4, 0.5) is 4.79 Å². The van der Waals surface area contributed by atoms with E-state index in [4.69, 9.17) is 4.74 Å². The molecule has 0 bridgehead atoms. The van der Waals surface area contributed by atoms with Crippen LogP contribution in [0.25, 0.3) is 0 Å². The number of hydrogen-bond acceptors (Lipinski definition) is 4. The summed E-state index contributed by atoms with van der Waals surface area (Å²) in [7, 11) is 3.58. The van der Waals surface area contributed by atoms with Gasteiger partial charge in [0.05, 0.1) is 13.2 Å². The highest BCUT2D eigenvalue weighted by Gasteiger charge is 2.32. The van der Waals surface area contributed by atoms with Crippen molar-refractivity contribution in [1.29, 1.82) is 0 Å². The van der Waals surface area contributed by atoms with Gasteiger partial charge in [0.15, 0.2) is 0 Å². The molecule has 7 heteroatoms. The smallest absolute Gasteiger partial charge is 0.318 e. The first-order chi connectivity index (χ1) is 15.1.